The molecule has 0 aliphatic rings. The molecule has 0 aliphatic carbocycles. The van der Waals surface area contributed by atoms with Crippen molar-refractivity contribution >= 4 is 8.60 Å². The van der Waals surface area contributed by atoms with Crippen molar-refractivity contribution in [2.45, 2.75) is 89.9 Å². The van der Waals surface area contributed by atoms with Gasteiger partial charge in [-0.15, -0.1) is 0 Å². The second kappa shape index (κ2) is 14.7. The maximum Gasteiger partial charge on any atom is 0.329 e. The SMILES string of the molecule is CCCCCCCCCCCC(OC(C)OP(O)O)(c1ccccc1)c1ccccc1. The zero-order valence-corrected chi connectivity index (χ0v) is 20.0. The zero-order chi connectivity index (χ0) is 22.4. The van der Waals surface area contributed by atoms with Crippen LogP contribution in [0.15, 0.2) is 60.7 Å². The lowest BCUT2D eigenvalue weighted by molar-refractivity contribution is -0.156. The van der Waals surface area contributed by atoms with Crippen molar-refractivity contribution in [1.82, 2.24) is 0 Å². The van der Waals surface area contributed by atoms with Crippen molar-refractivity contribution in [2.24, 2.45) is 0 Å². The van der Waals surface area contributed by atoms with E-state index in [9.17, 15) is 9.79 Å². The predicted octanol–water partition coefficient (Wildman–Crippen LogP) is 7.44. The third-order valence-electron chi connectivity index (χ3n) is 5.72. The van der Waals surface area contributed by atoms with Crippen LogP contribution in [0.4, 0.5) is 0 Å². The minimum Gasteiger partial charge on any atom is -0.337 e. The average Bonchev–Trinajstić information content (AvgIpc) is 2.78. The molecule has 2 N–H and O–H groups in total. The third kappa shape index (κ3) is 9.00. The summed E-state index contributed by atoms with van der Waals surface area (Å²) in [6.07, 6.45) is 11.4. The molecule has 31 heavy (non-hydrogen) atoms. The Hall–Kier alpha value is -1.29. The number of unbranched alkanes of at least 4 members (excludes halogenated alkanes) is 8. The van der Waals surface area contributed by atoms with Gasteiger partial charge in [-0.3, -0.25) is 4.52 Å². The van der Waals surface area contributed by atoms with Crippen LogP contribution in [0.5, 0.6) is 0 Å². The topological polar surface area (TPSA) is 58.9 Å². The van der Waals surface area contributed by atoms with Crippen molar-refractivity contribution in [3.8, 4) is 0 Å². The van der Waals surface area contributed by atoms with Crippen LogP contribution in [-0.4, -0.2) is 16.1 Å². The minimum absolute atomic E-state index is 0.700. The second-order valence-electron chi connectivity index (χ2n) is 8.18. The Morgan fingerprint density at radius 3 is 1.65 bits per heavy atom. The molecule has 5 heteroatoms. The lowest BCUT2D eigenvalue weighted by Crippen LogP contribution is -2.35. The molecular formula is C26H39O4P. The number of hydrogen-bond donors (Lipinski definition) is 2. The summed E-state index contributed by atoms with van der Waals surface area (Å²) in [6, 6.07) is 20.4. The number of hydrogen-bond acceptors (Lipinski definition) is 4. The molecule has 0 aliphatic heterocycles. The first-order valence-corrected chi connectivity index (χ1v) is 12.9. The van der Waals surface area contributed by atoms with Gasteiger partial charge in [0.25, 0.3) is 0 Å². The summed E-state index contributed by atoms with van der Waals surface area (Å²) < 4.78 is 11.7. The molecule has 4 nitrogen and oxygen atoms in total. The van der Waals surface area contributed by atoms with Gasteiger partial charge in [0.1, 0.15) is 5.60 Å². The molecular weight excluding hydrogens is 407 g/mol. The van der Waals surface area contributed by atoms with Gasteiger partial charge in [-0.25, -0.2) is 0 Å². The second-order valence-corrected chi connectivity index (χ2v) is 8.90. The van der Waals surface area contributed by atoms with Crippen LogP contribution in [0.1, 0.15) is 89.2 Å². The van der Waals surface area contributed by atoms with Crippen molar-refractivity contribution < 1.29 is 19.0 Å². The van der Waals surface area contributed by atoms with Crippen molar-refractivity contribution in [3.05, 3.63) is 71.8 Å². The van der Waals surface area contributed by atoms with Gasteiger partial charge in [0.2, 0.25) is 0 Å². The summed E-state index contributed by atoms with van der Waals surface area (Å²) in [5, 5.41) is 0. The van der Waals surface area contributed by atoms with Crippen molar-refractivity contribution in [1.29, 1.82) is 0 Å². The van der Waals surface area contributed by atoms with E-state index in [1.54, 1.807) is 6.92 Å². The highest BCUT2D eigenvalue weighted by Gasteiger charge is 2.37. The lowest BCUT2D eigenvalue weighted by atomic mass is 9.81. The largest absolute Gasteiger partial charge is 0.337 e. The van der Waals surface area contributed by atoms with E-state index < -0.39 is 20.5 Å². The van der Waals surface area contributed by atoms with E-state index in [2.05, 4.69) is 31.2 Å². The Kier molecular flexibility index (Phi) is 12.3. The van der Waals surface area contributed by atoms with Crippen LogP contribution >= 0.6 is 8.60 Å². The molecule has 2 aromatic carbocycles. The highest BCUT2D eigenvalue weighted by Crippen LogP contribution is 2.41. The fourth-order valence-electron chi connectivity index (χ4n) is 4.19. The van der Waals surface area contributed by atoms with Crippen LogP contribution < -0.4 is 0 Å². The quantitative estimate of drug-likeness (QED) is 0.160. The molecule has 2 aromatic rings. The molecule has 0 fully saturated rings. The van der Waals surface area contributed by atoms with Gasteiger partial charge in [0.05, 0.1) is 0 Å². The molecule has 2 rings (SSSR count). The Bertz CT molecular complexity index is 654. The molecule has 0 aromatic heterocycles. The van der Waals surface area contributed by atoms with Gasteiger partial charge in [-0.1, -0.05) is 119 Å². The summed E-state index contributed by atoms with van der Waals surface area (Å²) in [5.74, 6) is 0. The summed E-state index contributed by atoms with van der Waals surface area (Å²) in [4.78, 5) is 18.7. The standard InChI is InChI=1S/C26H39O4P/c1-3-4-5-6-7-8-9-10-17-22-26(24-18-13-11-14-19-24,25-20-15-12-16-21-25)29-23(2)30-31(27)28/h11-16,18-21,23,27-28H,3-10,17,22H2,1-2H3. The fraction of sp³-hybridized carbons (Fsp3) is 0.538. The number of rotatable bonds is 16. The smallest absolute Gasteiger partial charge is 0.329 e. The molecule has 0 saturated heterocycles. The summed E-state index contributed by atoms with van der Waals surface area (Å²) in [6.45, 7) is 3.97. The van der Waals surface area contributed by atoms with E-state index in [4.69, 9.17) is 9.26 Å². The first-order chi connectivity index (χ1) is 15.1. The van der Waals surface area contributed by atoms with E-state index in [-0.39, 0.29) is 0 Å². The highest BCUT2D eigenvalue weighted by molar-refractivity contribution is 7.39. The first-order valence-electron chi connectivity index (χ1n) is 11.7. The fourth-order valence-corrected chi connectivity index (χ4v) is 4.50. The molecule has 0 radical (unpaired) electrons. The average molecular weight is 447 g/mol. The molecule has 1 unspecified atom stereocenters. The summed E-state index contributed by atoms with van der Waals surface area (Å²) in [5.41, 5.74) is 1.40. The number of ether oxygens (including phenoxy) is 1. The van der Waals surface area contributed by atoms with E-state index in [1.807, 2.05) is 36.4 Å². The van der Waals surface area contributed by atoms with E-state index >= 15 is 0 Å². The predicted molar refractivity (Wildman–Crippen MR) is 128 cm³/mol. The van der Waals surface area contributed by atoms with Crippen molar-refractivity contribution in [3.63, 3.8) is 0 Å². The molecule has 172 valence electrons. The maximum absolute atomic E-state index is 9.33. The molecule has 0 spiro atoms. The Morgan fingerprint density at radius 1 is 0.742 bits per heavy atom. The van der Waals surface area contributed by atoms with Gasteiger partial charge in [0.15, 0.2) is 6.29 Å². The van der Waals surface area contributed by atoms with Gasteiger partial charge < -0.3 is 14.5 Å². The molecule has 0 saturated carbocycles. The van der Waals surface area contributed by atoms with Gasteiger partial charge in [-0.2, -0.15) is 0 Å². The van der Waals surface area contributed by atoms with Crippen LogP contribution in [0.3, 0.4) is 0 Å². The van der Waals surface area contributed by atoms with Crippen molar-refractivity contribution in [2.75, 3.05) is 0 Å². The Morgan fingerprint density at radius 2 is 1.19 bits per heavy atom. The Balaban J connectivity index is 2.11. The van der Waals surface area contributed by atoms with Crippen LogP contribution in [-0.2, 0) is 14.9 Å². The highest BCUT2D eigenvalue weighted by atomic mass is 31.2. The molecule has 1 atom stereocenters. The van der Waals surface area contributed by atoms with E-state index in [1.165, 1.54) is 44.9 Å². The third-order valence-corrected chi connectivity index (χ3v) is 6.21. The number of benzene rings is 2. The Labute approximate surface area is 189 Å². The van der Waals surface area contributed by atoms with Crippen LogP contribution in [0.25, 0.3) is 0 Å². The van der Waals surface area contributed by atoms with Crippen LogP contribution in [0.2, 0.25) is 0 Å². The van der Waals surface area contributed by atoms with E-state index in [0.717, 1.165) is 30.4 Å². The minimum atomic E-state index is -2.48. The lowest BCUT2D eigenvalue weighted by Gasteiger charge is -2.37. The molecule has 0 amide bonds. The molecule has 0 heterocycles. The normalized spacial score (nSPS) is 12.9. The summed E-state index contributed by atoms with van der Waals surface area (Å²) in [7, 11) is -2.48. The van der Waals surface area contributed by atoms with Gasteiger partial charge in [0, 0.05) is 0 Å². The molecule has 0 bridgehead atoms. The van der Waals surface area contributed by atoms with Crippen LogP contribution in [0, 0.1) is 0 Å². The maximum atomic E-state index is 9.33. The van der Waals surface area contributed by atoms with Gasteiger partial charge in [-0.05, 0) is 30.9 Å². The summed E-state index contributed by atoms with van der Waals surface area (Å²) >= 11 is 0. The van der Waals surface area contributed by atoms with Gasteiger partial charge >= 0.3 is 8.60 Å². The van der Waals surface area contributed by atoms with E-state index in [0.29, 0.717) is 0 Å². The first kappa shape index (κ1) is 26.0. The monoisotopic (exact) mass is 446 g/mol. The zero-order valence-electron chi connectivity index (χ0n) is 19.1.